The molecule has 1 saturated heterocycles. The van der Waals surface area contributed by atoms with Crippen LogP contribution in [-0.4, -0.2) is 74.6 Å². The summed E-state index contributed by atoms with van der Waals surface area (Å²) in [6.07, 6.45) is -2.45. The zero-order valence-electron chi connectivity index (χ0n) is 20.0. The van der Waals surface area contributed by atoms with E-state index in [-0.39, 0.29) is 44.4 Å². The Balaban J connectivity index is 1.33. The number of aromatic nitrogens is 5. The number of cyclic esters (lactones) is 1. The molecule has 0 aliphatic carbocycles. The van der Waals surface area contributed by atoms with Crippen molar-refractivity contribution in [2.45, 2.75) is 25.6 Å². The van der Waals surface area contributed by atoms with Crippen LogP contribution in [0.25, 0.3) is 5.95 Å². The number of hydrogen-bond donors (Lipinski definition) is 1. The Morgan fingerprint density at radius 3 is 2.15 bits per heavy atom. The van der Waals surface area contributed by atoms with Crippen LogP contribution in [0.5, 0.6) is 0 Å². The molecule has 2 aromatic heterocycles. The lowest BCUT2D eigenvalue weighted by molar-refractivity contribution is -0.132. The summed E-state index contributed by atoms with van der Waals surface area (Å²) >= 11 is 0. The van der Waals surface area contributed by atoms with Crippen molar-refractivity contribution in [3.8, 4) is 5.95 Å². The van der Waals surface area contributed by atoms with Gasteiger partial charge in [0.2, 0.25) is 5.95 Å². The van der Waals surface area contributed by atoms with Gasteiger partial charge in [0.15, 0.2) is 11.6 Å². The lowest BCUT2D eigenvalue weighted by Gasteiger charge is -2.24. The summed E-state index contributed by atoms with van der Waals surface area (Å²) in [7, 11) is 0. The van der Waals surface area contributed by atoms with Gasteiger partial charge in [-0.3, -0.25) is 9.69 Å². The van der Waals surface area contributed by atoms with Crippen molar-refractivity contribution in [2.75, 3.05) is 36.0 Å². The van der Waals surface area contributed by atoms with E-state index in [1.165, 1.54) is 23.4 Å². The molecule has 3 aromatic rings. The monoisotopic (exact) mass is 552 g/mol. The van der Waals surface area contributed by atoms with Gasteiger partial charge in [0.05, 0.1) is 31.9 Å². The molecule has 1 fully saturated rings. The van der Waals surface area contributed by atoms with Crippen molar-refractivity contribution in [1.82, 2.24) is 29.2 Å². The Hall–Kier alpha value is -4.70. The molecule has 0 bridgehead atoms. The summed E-state index contributed by atoms with van der Waals surface area (Å²) in [5, 5.41) is 1.92. The van der Waals surface area contributed by atoms with E-state index in [4.69, 9.17) is 4.74 Å². The third-order valence-corrected chi connectivity index (χ3v) is 6.24. The minimum Gasteiger partial charge on any atom is -0.442 e. The number of rotatable bonds is 6. The molecule has 1 atom stereocenters. The topological polar surface area (TPSA) is 137 Å². The highest BCUT2D eigenvalue weighted by Crippen LogP contribution is 2.31. The molecule has 4 heterocycles. The molecule has 0 spiro atoms. The highest BCUT2D eigenvalue weighted by atomic mass is 19.3. The zero-order valence-corrected chi connectivity index (χ0v) is 20.0. The number of nitrogens with zero attached hydrogens (tertiary/aromatic N) is 7. The van der Waals surface area contributed by atoms with Crippen LogP contribution < -0.4 is 26.5 Å². The number of carbonyl (C=O) groups is 2. The van der Waals surface area contributed by atoms with Crippen LogP contribution in [0.2, 0.25) is 0 Å². The van der Waals surface area contributed by atoms with Gasteiger partial charge in [-0.05, 0) is 6.07 Å². The molecule has 39 heavy (non-hydrogen) atoms. The summed E-state index contributed by atoms with van der Waals surface area (Å²) in [5.74, 6) is -3.66. The summed E-state index contributed by atoms with van der Waals surface area (Å²) in [6, 6.07) is 3.36. The molecule has 206 valence electrons. The van der Waals surface area contributed by atoms with Gasteiger partial charge in [-0.25, -0.2) is 42.5 Å². The minimum atomic E-state index is -3.24. The Morgan fingerprint density at radius 2 is 1.59 bits per heavy atom. The number of amides is 2. The van der Waals surface area contributed by atoms with Gasteiger partial charge in [0.1, 0.15) is 11.8 Å². The van der Waals surface area contributed by atoms with Crippen molar-refractivity contribution in [3.05, 3.63) is 63.2 Å². The summed E-state index contributed by atoms with van der Waals surface area (Å²) in [4.78, 5) is 59.1. The van der Waals surface area contributed by atoms with Crippen molar-refractivity contribution in [3.63, 3.8) is 0 Å². The number of hydrogen-bond acceptors (Lipinski definition) is 8. The number of benzene rings is 1. The van der Waals surface area contributed by atoms with Crippen molar-refractivity contribution in [1.29, 1.82) is 0 Å². The smallest absolute Gasteiger partial charge is 0.414 e. The second-order valence-electron chi connectivity index (χ2n) is 8.60. The van der Waals surface area contributed by atoms with E-state index in [2.05, 4.69) is 9.97 Å². The minimum absolute atomic E-state index is 0.0239. The standard InChI is InChI=1S/C22H20F4N8O5/c23-14-8-12(31-11-13(39-22(31)38)10-29-18(35)17(25)26)9-15(24)16(14)30-4-6-32-20(36)34(19-27-2-1-3-28-19)21(37)33(32)7-5-30/h1-3,8-9,13,17H,4-7,10-11H2,(H,29,35)/t13-/m0/s1. The number of nitrogens with one attached hydrogen (secondary N) is 1. The molecular formula is C22H20F4N8O5. The SMILES string of the molecule is O=C(NC[C@H]1CN(c2cc(F)c(N3CCn4c(=O)n(-c5ncccn5)c(=O)n4CC3)c(F)c2)C(=O)O1)C(F)F. The molecule has 17 heteroatoms. The lowest BCUT2D eigenvalue weighted by Crippen LogP contribution is -2.37. The molecule has 2 aliphatic rings. The molecular weight excluding hydrogens is 532 g/mol. The third-order valence-electron chi connectivity index (χ3n) is 6.24. The van der Waals surface area contributed by atoms with Gasteiger partial charge in [0, 0.05) is 37.6 Å². The van der Waals surface area contributed by atoms with Crippen LogP contribution in [0, 0.1) is 11.6 Å². The lowest BCUT2D eigenvalue weighted by atomic mass is 10.2. The molecule has 0 saturated carbocycles. The number of fused-ring (bicyclic) bond motifs is 1. The predicted octanol–water partition coefficient (Wildman–Crippen LogP) is 0.0956. The largest absolute Gasteiger partial charge is 0.442 e. The second-order valence-corrected chi connectivity index (χ2v) is 8.60. The first-order chi connectivity index (χ1) is 18.7. The van der Waals surface area contributed by atoms with E-state index < -0.39 is 59.8 Å². The van der Waals surface area contributed by atoms with Crippen molar-refractivity contribution in [2.24, 2.45) is 0 Å². The maximum Gasteiger partial charge on any atom is 0.414 e. The quantitative estimate of drug-likeness (QED) is 0.426. The Morgan fingerprint density at radius 1 is 1.00 bits per heavy atom. The van der Waals surface area contributed by atoms with Gasteiger partial charge in [0.25, 0.3) is 5.91 Å². The van der Waals surface area contributed by atoms with Gasteiger partial charge in [-0.2, -0.15) is 13.3 Å². The fourth-order valence-corrected chi connectivity index (χ4v) is 4.44. The van der Waals surface area contributed by atoms with E-state index in [9.17, 15) is 28.0 Å². The Bertz CT molecular complexity index is 1480. The molecule has 2 amide bonds. The van der Waals surface area contributed by atoms with E-state index in [1.54, 1.807) is 0 Å². The normalized spacial score (nSPS) is 17.3. The predicted molar refractivity (Wildman–Crippen MR) is 125 cm³/mol. The molecule has 2 aliphatic heterocycles. The number of halogens is 4. The highest BCUT2D eigenvalue weighted by molar-refractivity contribution is 5.90. The van der Waals surface area contributed by atoms with Gasteiger partial charge in [-0.15, -0.1) is 0 Å². The van der Waals surface area contributed by atoms with E-state index in [0.29, 0.717) is 0 Å². The van der Waals surface area contributed by atoms with Crippen LogP contribution in [-0.2, 0) is 22.6 Å². The first kappa shape index (κ1) is 25.9. The average Bonchev–Trinajstić information content (AvgIpc) is 3.28. The summed E-state index contributed by atoms with van der Waals surface area (Å²) < 4.78 is 63.2. The first-order valence-electron chi connectivity index (χ1n) is 11.6. The molecule has 13 nitrogen and oxygen atoms in total. The van der Waals surface area contributed by atoms with Gasteiger partial charge >= 0.3 is 23.9 Å². The Kier molecular flexibility index (Phi) is 6.80. The molecule has 0 unspecified atom stereocenters. The van der Waals surface area contributed by atoms with Crippen LogP contribution in [0.4, 0.5) is 33.7 Å². The molecule has 1 aromatic carbocycles. The van der Waals surface area contributed by atoms with Gasteiger partial charge < -0.3 is 15.0 Å². The van der Waals surface area contributed by atoms with Crippen LogP contribution in [0.1, 0.15) is 0 Å². The fourth-order valence-electron chi connectivity index (χ4n) is 4.44. The summed E-state index contributed by atoms with van der Waals surface area (Å²) in [6.45, 7) is -0.827. The number of alkyl halides is 2. The molecule has 0 radical (unpaired) electrons. The van der Waals surface area contributed by atoms with Crippen molar-refractivity contribution >= 4 is 23.4 Å². The third kappa shape index (κ3) is 4.82. The summed E-state index contributed by atoms with van der Waals surface area (Å²) in [5.41, 5.74) is -1.99. The Labute approximate surface area is 215 Å². The number of carbonyl (C=O) groups excluding carboxylic acids is 2. The number of ether oxygens (including phenoxy) is 1. The maximum atomic E-state index is 15.2. The zero-order chi connectivity index (χ0) is 27.8. The maximum absolute atomic E-state index is 15.2. The van der Waals surface area contributed by atoms with Crippen LogP contribution in [0.3, 0.4) is 0 Å². The second kappa shape index (κ2) is 10.2. The highest BCUT2D eigenvalue weighted by Gasteiger charge is 2.34. The molecule has 5 rings (SSSR count). The number of anilines is 2. The van der Waals surface area contributed by atoms with Crippen molar-refractivity contribution < 1.29 is 31.9 Å². The van der Waals surface area contributed by atoms with E-state index in [0.717, 1.165) is 31.0 Å². The van der Waals surface area contributed by atoms with E-state index in [1.807, 2.05) is 5.32 Å². The fraction of sp³-hybridized carbons (Fsp3) is 0.364. The van der Waals surface area contributed by atoms with E-state index >= 15 is 8.78 Å². The van der Waals surface area contributed by atoms with Crippen LogP contribution in [0.15, 0.2) is 40.2 Å². The molecule has 1 N–H and O–H groups in total. The first-order valence-corrected chi connectivity index (χ1v) is 11.6. The average molecular weight is 552 g/mol. The van der Waals surface area contributed by atoms with Crippen LogP contribution >= 0.6 is 0 Å². The van der Waals surface area contributed by atoms with Gasteiger partial charge in [-0.1, -0.05) is 0 Å².